The van der Waals surface area contributed by atoms with E-state index in [0.717, 1.165) is 52.4 Å². The van der Waals surface area contributed by atoms with Crippen molar-refractivity contribution in [1.82, 2.24) is 18.9 Å². The minimum Gasteiger partial charge on any atom is -0.328 e. The van der Waals surface area contributed by atoms with E-state index in [0.29, 0.717) is 19.1 Å². The lowest BCUT2D eigenvalue weighted by Gasteiger charge is -2.37. The SMILES string of the molecule is CCOP(=O)(CC)CN1CCN2CCN3CCN(CC1)P23=O. The van der Waals surface area contributed by atoms with Gasteiger partial charge in [0.05, 0.1) is 12.9 Å². The summed E-state index contributed by atoms with van der Waals surface area (Å²) in [4.78, 5) is 2.24. The second-order valence-corrected chi connectivity index (χ2v) is 11.7. The first-order chi connectivity index (χ1) is 10.5. The third-order valence-electron chi connectivity index (χ3n) is 4.95. The Kier molecular flexibility index (Phi) is 5.16. The zero-order valence-electron chi connectivity index (χ0n) is 13.7. The molecule has 0 amide bonds. The molecule has 9 heteroatoms. The van der Waals surface area contributed by atoms with Gasteiger partial charge in [0.2, 0.25) is 7.37 Å². The number of hydrogen-bond acceptors (Lipinski definition) is 4. The van der Waals surface area contributed by atoms with Gasteiger partial charge in [-0.15, -0.1) is 0 Å². The zero-order valence-corrected chi connectivity index (χ0v) is 15.5. The Balaban J connectivity index is 1.69. The van der Waals surface area contributed by atoms with Gasteiger partial charge in [-0.3, -0.25) is 14.0 Å². The van der Waals surface area contributed by atoms with Gasteiger partial charge in [-0.25, -0.2) is 14.0 Å². The Morgan fingerprint density at radius 1 is 0.909 bits per heavy atom. The average Bonchev–Trinajstić information content (AvgIpc) is 2.95. The van der Waals surface area contributed by atoms with Crippen LogP contribution in [0.4, 0.5) is 0 Å². The maximum Gasteiger partial charge on any atom is 0.287 e. The largest absolute Gasteiger partial charge is 0.328 e. The highest BCUT2D eigenvalue weighted by molar-refractivity contribution is 7.58. The van der Waals surface area contributed by atoms with E-state index in [1.54, 1.807) is 0 Å². The predicted molar refractivity (Wildman–Crippen MR) is 88.5 cm³/mol. The third-order valence-corrected chi connectivity index (χ3v) is 10.9. The molecule has 3 heterocycles. The molecule has 0 aromatic rings. The first kappa shape index (κ1) is 17.1. The van der Waals surface area contributed by atoms with Crippen molar-refractivity contribution in [3.63, 3.8) is 0 Å². The molecule has 7 nitrogen and oxygen atoms in total. The molecule has 3 rings (SSSR count). The van der Waals surface area contributed by atoms with Gasteiger partial charge in [-0.1, -0.05) is 6.92 Å². The maximum absolute atomic E-state index is 13.3. The van der Waals surface area contributed by atoms with Crippen LogP contribution in [0.2, 0.25) is 0 Å². The number of rotatable bonds is 5. The van der Waals surface area contributed by atoms with Crippen molar-refractivity contribution < 1.29 is 13.7 Å². The van der Waals surface area contributed by atoms with Crippen LogP contribution in [-0.4, -0.2) is 90.3 Å². The molecule has 3 saturated heterocycles. The molecule has 3 fully saturated rings. The van der Waals surface area contributed by atoms with E-state index in [1.165, 1.54) is 0 Å². The minimum absolute atomic E-state index is 0.501. The van der Waals surface area contributed by atoms with Crippen molar-refractivity contribution >= 4 is 15.0 Å². The second-order valence-electron chi connectivity index (χ2n) is 6.18. The molecule has 128 valence electrons. The van der Waals surface area contributed by atoms with Gasteiger partial charge in [0, 0.05) is 58.5 Å². The van der Waals surface area contributed by atoms with Crippen LogP contribution < -0.4 is 0 Å². The minimum atomic E-state index is -2.56. The van der Waals surface area contributed by atoms with Crippen LogP contribution in [0.3, 0.4) is 0 Å². The fourth-order valence-electron chi connectivity index (χ4n) is 3.65. The summed E-state index contributed by atoms with van der Waals surface area (Å²) in [5.74, 6) is 0. The van der Waals surface area contributed by atoms with Gasteiger partial charge in [0.1, 0.15) is 0 Å². The van der Waals surface area contributed by atoms with E-state index in [1.807, 2.05) is 13.8 Å². The molecular weight excluding hydrogens is 322 g/mol. The lowest BCUT2D eigenvalue weighted by molar-refractivity contribution is 0.224. The van der Waals surface area contributed by atoms with Crippen molar-refractivity contribution in [3.8, 4) is 0 Å². The lowest BCUT2D eigenvalue weighted by atomic mass is 10.4. The van der Waals surface area contributed by atoms with Gasteiger partial charge >= 0.3 is 0 Å². The molecule has 0 bridgehead atoms. The van der Waals surface area contributed by atoms with E-state index in [4.69, 9.17) is 4.52 Å². The standard InChI is InChI=1S/C13H28N4O3P2/c1-3-20-21(18,4-2)13-14-5-7-15-9-11-17-12-10-16(8-6-14)22(15,17)19/h3-13H2,1-2H3. The molecular formula is C13H28N4O3P2. The summed E-state index contributed by atoms with van der Waals surface area (Å²) >= 11 is 0. The first-order valence-corrected chi connectivity index (χ1v) is 11.9. The van der Waals surface area contributed by atoms with E-state index in [2.05, 4.69) is 18.9 Å². The normalized spacial score (nSPS) is 29.9. The summed E-state index contributed by atoms with van der Waals surface area (Å²) in [7, 11) is -5.00. The Morgan fingerprint density at radius 2 is 1.36 bits per heavy atom. The summed E-state index contributed by atoms with van der Waals surface area (Å²) in [6.07, 6.45) is 1.10. The van der Waals surface area contributed by atoms with Crippen molar-refractivity contribution in [3.05, 3.63) is 0 Å². The summed E-state index contributed by atoms with van der Waals surface area (Å²) in [6, 6.07) is 0. The smallest absolute Gasteiger partial charge is 0.287 e. The fourth-order valence-corrected chi connectivity index (χ4v) is 8.65. The monoisotopic (exact) mass is 350 g/mol. The van der Waals surface area contributed by atoms with E-state index in [9.17, 15) is 9.13 Å². The highest BCUT2D eigenvalue weighted by Crippen LogP contribution is 2.62. The van der Waals surface area contributed by atoms with E-state index >= 15 is 0 Å². The molecule has 0 aromatic carbocycles. The van der Waals surface area contributed by atoms with E-state index < -0.39 is 15.0 Å². The van der Waals surface area contributed by atoms with Crippen molar-refractivity contribution in [2.24, 2.45) is 0 Å². The molecule has 3 aliphatic rings. The third kappa shape index (κ3) is 2.98. The van der Waals surface area contributed by atoms with Gasteiger partial charge < -0.3 is 4.52 Å². The first-order valence-electron chi connectivity index (χ1n) is 8.33. The van der Waals surface area contributed by atoms with Gasteiger partial charge in [-0.2, -0.15) is 0 Å². The van der Waals surface area contributed by atoms with Crippen LogP contribution in [0.15, 0.2) is 0 Å². The van der Waals surface area contributed by atoms with Crippen LogP contribution in [-0.2, 0) is 13.7 Å². The van der Waals surface area contributed by atoms with Crippen LogP contribution in [0, 0.1) is 0 Å². The predicted octanol–water partition coefficient (Wildman–Crippen LogP) is 1.64. The Morgan fingerprint density at radius 3 is 1.77 bits per heavy atom. The number of hydrogen-bond donors (Lipinski definition) is 0. The fraction of sp³-hybridized carbons (Fsp3) is 1.00. The second kappa shape index (κ2) is 6.64. The van der Waals surface area contributed by atoms with E-state index in [-0.39, 0.29) is 0 Å². The van der Waals surface area contributed by atoms with Gasteiger partial charge in [0.15, 0.2) is 0 Å². The summed E-state index contributed by atoms with van der Waals surface area (Å²) in [5, 5.41) is 0. The molecule has 1 atom stereocenters. The zero-order chi connectivity index (χ0) is 15.8. The summed E-state index contributed by atoms with van der Waals surface area (Å²) in [6.45, 7) is 11.2. The molecule has 0 radical (unpaired) electrons. The van der Waals surface area contributed by atoms with Crippen LogP contribution in [0.1, 0.15) is 13.8 Å². The summed E-state index contributed by atoms with van der Waals surface area (Å²) < 4.78 is 38.1. The Hall–Kier alpha value is 0.260. The highest BCUT2D eigenvalue weighted by Gasteiger charge is 2.52. The van der Waals surface area contributed by atoms with Crippen molar-refractivity contribution in [2.45, 2.75) is 13.8 Å². The molecule has 1 unspecified atom stereocenters. The number of nitrogens with zero attached hydrogens (tertiary/aromatic N) is 4. The quantitative estimate of drug-likeness (QED) is 0.699. The highest BCUT2D eigenvalue weighted by atomic mass is 31.2. The van der Waals surface area contributed by atoms with Crippen LogP contribution in [0.25, 0.3) is 0 Å². The Bertz CT molecular complexity index is 480. The average molecular weight is 350 g/mol. The van der Waals surface area contributed by atoms with Gasteiger partial charge in [0.25, 0.3) is 7.59 Å². The van der Waals surface area contributed by atoms with Gasteiger partial charge in [-0.05, 0) is 6.92 Å². The van der Waals surface area contributed by atoms with Crippen molar-refractivity contribution in [1.29, 1.82) is 0 Å². The van der Waals surface area contributed by atoms with Crippen LogP contribution in [0.5, 0.6) is 0 Å². The molecule has 3 aliphatic heterocycles. The lowest BCUT2D eigenvalue weighted by Crippen LogP contribution is -2.43. The molecule has 0 N–H and O–H groups in total. The molecule has 0 saturated carbocycles. The topological polar surface area (TPSA) is 56.3 Å². The molecule has 0 spiro atoms. The Labute approximate surface area is 133 Å². The molecule has 0 aromatic heterocycles. The molecule has 0 aliphatic carbocycles. The van der Waals surface area contributed by atoms with Crippen molar-refractivity contribution in [2.75, 3.05) is 71.4 Å². The maximum atomic E-state index is 13.3. The summed E-state index contributed by atoms with van der Waals surface area (Å²) in [5.41, 5.74) is 0. The molecule has 22 heavy (non-hydrogen) atoms. The van der Waals surface area contributed by atoms with Crippen LogP contribution >= 0.6 is 15.0 Å².